The molecule has 0 unspecified atom stereocenters. The fourth-order valence-corrected chi connectivity index (χ4v) is 3.52. The van der Waals surface area contributed by atoms with Crippen LogP contribution in [0.15, 0.2) is 10.8 Å². The molecule has 21 heavy (non-hydrogen) atoms. The number of hydrogen-bond acceptors (Lipinski definition) is 4. The van der Waals surface area contributed by atoms with Crippen LogP contribution in [0.4, 0.5) is 0 Å². The van der Waals surface area contributed by atoms with Crippen LogP contribution in [0.1, 0.15) is 56.9 Å². The SMILES string of the molecule is CC(C)c1ocnc1CN1CCC(N2CCCC2=O)CC1. The molecule has 1 amide bonds. The minimum Gasteiger partial charge on any atom is -0.448 e. The van der Waals surface area contributed by atoms with Crippen LogP contribution in [0.5, 0.6) is 0 Å². The Balaban J connectivity index is 1.54. The number of rotatable bonds is 4. The fraction of sp³-hybridized carbons (Fsp3) is 0.750. The molecule has 0 spiro atoms. The Kier molecular flexibility index (Phi) is 4.29. The molecule has 1 aromatic rings. The van der Waals surface area contributed by atoms with Crippen LogP contribution in [-0.2, 0) is 11.3 Å². The average Bonchev–Trinajstić information content (AvgIpc) is 3.09. The van der Waals surface area contributed by atoms with Gasteiger partial charge in [-0.05, 0) is 19.3 Å². The van der Waals surface area contributed by atoms with Crippen molar-refractivity contribution < 1.29 is 9.21 Å². The van der Waals surface area contributed by atoms with E-state index in [9.17, 15) is 4.79 Å². The summed E-state index contributed by atoms with van der Waals surface area (Å²) in [6.07, 6.45) is 5.51. The van der Waals surface area contributed by atoms with Gasteiger partial charge in [0.2, 0.25) is 5.91 Å². The number of nitrogens with zero attached hydrogens (tertiary/aromatic N) is 3. The van der Waals surface area contributed by atoms with Crippen LogP contribution < -0.4 is 0 Å². The van der Waals surface area contributed by atoms with E-state index in [4.69, 9.17) is 4.42 Å². The summed E-state index contributed by atoms with van der Waals surface area (Å²) in [7, 11) is 0. The number of amides is 1. The number of aromatic nitrogens is 1. The Morgan fingerprint density at radius 1 is 1.33 bits per heavy atom. The van der Waals surface area contributed by atoms with Gasteiger partial charge < -0.3 is 9.32 Å². The van der Waals surface area contributed by atoms with Gasteiger partial charge >= 0.3 is 0 Å². The topological polar surface area (TPSA) is 49.6 Å². The first kappa shape index (κ1) is 14.6. The third-order valence-electron chi connectivity index (χ3n) is 4.68. The molecule has 5 heteroatoms. The zero-order valence-electron chi connectivity index (χ0n) is 13.0. The number of hydrogen-bond donors (Lipinski definition) is 0. The summed E-state index contributed by atoms with van der Waals surface area (Å²) in [4.78, 5) is 20.7. The van der Waals surface area contributed by atoms with Gasteiger partial charge in [-0.1, -0.05) is 13.8 Å². The third kappa shape index (κ3) is 3.12. The van der Waals surface area contributed by atoms with Gasteiger partial charge in [-0.3, -0.25) is 9.69 Å². The van der Waals surface area contributed by atoms with Gasteiger partial charge in [-0.25, -0.2) is 4.98 Å². The van der Waals surface area contributed by atoms with Crippen LogP contribution in [0.3, 0.4) is 0 Å². The second-order valence-corrected chi connectivity index (χ2v) is 6.52. The van der Waals surface area contributed by atoms with Crippen molar-refractivity contribution in [1.82, 2.24) is 14.8 Å². The third-order valence-corrected chi connectivity index (χ3v) is 4.68. The number of carbonyl (C=O) groups is 1. The standard InChI is InChI=1S/C16H25N3O2/c1-12(2)16-14(17-11-21-16)10-18-8-5-13(6-9-18)19-7-3-4-15(19)20/h11-13H,3-10H2,1-2H3. The summed E-state index contributed by atoms with van der Waals surface area (Å²) < 4.78 is 5.49. The molecule has 3 heterocycles. The van der Waals surface area contributed by atoms with Crippen LogP contribution in [0.2, 0.25) is 0 Å². The molecule has 2 aliphatic rings. The van der Waals surface area contributed by atoms with E-state index in [2.05, 4.69) is 28.6 Å². The van der Waals surface area contributed by atoms with Crippen LogP contribution in [-0.4, -0.2) is 46.4 Å². The lowest BCUT2D eigenvalue weighted by molar-refractivity contribution is -0.130. The van der Waals surface area contributed by atoms with E-state index in [0.29, 0.717) is 17.9 Å². The number of oxazole rings is 1. The minimum atomic E-state index is 0.354. The molecule has 2 saturated heterocycles. The van der Waals surface area contributed by atoms with Crippen molar-refractivity contribution in [3.63, 3.8) is 0 Å². The Labute approximate surface area is 126 Å². The zero-order chi connectivity index (χ0) is 14.8. The molecule has 0 N–H and O–H groups in total. The highest BCUT2D eigenvalue weighted by Crippen LogP contribution is 2.24. The van der Waals surface area contributed by atoms with Crippen LogP contribution in [0.25, 0.3) is 0 Å². The second kappa shape index (κ2) is 6.18. The maximum atomic E-state index is 11.8. The summed E-state index contributed by atoms with van der Waals surface area (Å²) in [6, 6.07) is 0.457. The summed E-state index contributed by atoms with van der Waals surface area (Å²) in [6.45, 7) is 8.18. The van der Waals surface area contributed by atoms with Gasteiger partial charge in [0.1, 0.15) is 5.76 Å². The van der Waals surface area contributed by atoms with Gasteiger partial charge in [-0.2, -0.15) is 0 Å². The predicted molar refractivity (Wildman–Crippen MR) is 79.8 cm³/mol. The first-order chi connectivity index (χ1) is 10.1. The molecule has 0 aliphatic carbocycles. The van der Waals surface area contributed by atoms with Gasteiger partial charge in [-0.15, -0.1) is 0 Å². The van der Waals surface area contributed by atoms with E-state index < -0.39 is 0 Å². The normalized spacial score (nSPS) is 21.7. The average molecular weight is 291 g/mol. The van der Waals surface area contributed by atoms with E-state index in [1.165, 1.54) is 0 Å². The highest BCUT2D eigenvalue weighted by molar-refractivity contribution is 5.78. The maximum absolute atomic E-state index is 11.8. The van der Waals surface area contributed by atoms with Crippen molar-refractivity contribution in [1.29, 1.82) is 0 Å². The molecule has 2 aliphatic heterocycles. The number of carbonyl (C=O) groups excluding carboxylic acids is 1. The highest BCUT2D eigenvalue weighted by Gasteiger charge is 2.31. The minimum absolute atomic E-state index is 0.354. The first-order valence-electron chi connectivity index (χ1n) is 8.09. The van der Waals surface area contributed by atoms with Crippen molar-refractivity contribution in [3.8, 4) is 0 Å². The van der Waals surface area contributed by atoms with Crippen molar-refractivity contribution in [2.75, 3.05) is 19.6 Å². The molecule has 5 nitrogen and oxygen atoms in total. The molecular formula is C16H25N3O2. The summed E-state index contributed by atoms with van der Waals surface area (Å²) in [5.41, 5.74) is 1.07. The van der Waals surface area contributed by atoms with E-state index in [0.717, 1.165) is 63.3 Å². The molecular weight excluding hydrogens is 266 g/mol. The molecule has 0 atom stereocenters. The molecule has 0 aromatic carbocycles. The second-order valence-electron chi connectivity index (χ2n) is 6.52. The molecule has 3 rings (SSSR count). The summed E-state index contributed by atoms with van der Waals surface area (Å²) >= 11 is 0. The van der Waals surface area contributed by atoms with Crippen molar-refractivity contribution >= 4 is 5.91 Å². The fourth-order valence-electron chi connectivity index (χ4n) is 3.52. The van der Waals surface area contributed by atoms with Gasteiger partial charge in [0, 0.05) is 44.6 Å². The molecule has 2 fully saturated rings. The Hall–Kier alpha value is -1.36. The maximum Gasteiger partial charge on any atom is 0.222 e. The molecule has 0 radical (unpaired) electrons. The quantitative estimate of drug-likeness (QED) is 0.854. The number of piperidine rings is 1. The smallest absolute Gasteiger partial charge is 0.222 e. The lowest BCUT2D eigenvalue weighted by Gasteiger charge is -2.36. The van der Waals surface area contributed by atoms with Crippen LogP contribution >= 0.6 is 0 Å². The molecule has 0 saturated carbocycles. The Morgan fingerprint density at radius 2 is 2.10 bits per heavy atom. The van der Waals surface area contributed by atoms with Crippen LogP contribution in [0, 0.1) is 0 Å². The molecule has 116 valence electrons. The molecule has 1 aromatic heterocycles. The highest BCUT2D eigenvalue weighted by atomic mass is 16.3. The van der Waals surface area contributed by atoms with E-state index in [1.807, 2.05) is 0 Å². The lowest BCUT2D eigenvalue weighted by Crippen LogP contribution is -2.45. The van der Waals surface area contributed by atoms with Gasteiger partial charge in [0.25, 0.3) is 0 Å². The summed E-state index contributed by atoms with van der Waals surface area (Å²) in [5.74, 6) is 1.74. The Morgan fingerprint density at radius 3 is 2.71 bits per heavy atom. The van der Waals surface area contributed by atoms with E-state index in [-0.39, 0.29) is 0 Å². The lowest BCUT2D eigenvalue weighted by atomic mass is 10.0. The first-order valence-corrected chi connectivity index (χ1v) is 8.09. The van der Waals surface area contributed by atoms with E-state index in [1.54, 1.807) is 6.39 Å². The van der Waals surface area contributed by atoms with Gasteiger partial charge in [0.05, 0.1) is 5.69 Å². The monoisotopic (exact) mass is 291 g/mol. The largest absolute Gasteiger partial charge is 0.448 e. The number of likely N-dealkylation sites (tertiary alicyclic amines) is 2. The van der Waals surface area contributed by atoms with E-state index >= 15 is 0 Å². The Bertz CT molecular complexity index is 489. The van der Waals surface area contributed by atoms with Crippen molar-refractivity contribution in [3.05, 3.63) is 17.8 Å². The molecule has 0 bridgehead atoms. The predicted octanol–water partition coefficient (Wildman–Crippen LogP) is 2.38. The summed E-state index contributed by atoms with van der Waals surface area (Å²) in [5, 5.41) is 0. The van der Waals surface area contributed by atoms with Crippen molar-refractivity contribution in [2.45, 2.75) is 58.0 Å². The van der Waals surface area contributed by atoms with Crippen molar-refractivity contribution in [2.24, 2.45) is 0 Å². The van der Waals surface area contributed by atoms with Gasteiger partial charge in [0.15, 0.2) is 6.39 Å². The zero-order valence-corrected chi connectivity index (χ0v) is 13.0.